The van der Waals surface area contributed by atoms with E-state index in [1.807, 2.05) is 28.8 Å². The van der Waals surface area contributed by atoms with Gasteiger partial charge in [0.2, 0.25) is 0 Å². The van der Waals surface area contributed by atoms with Crippen molar-refractivity contribution < 1.29 is 4.42 Å². The third-order valence-corrected chi connectivity index (χ3v) is 5.33. The predicted molar refractivity (Wildman–Crippen MR) is 103 cm³/mol. The molecule has 136 valence electrons. The van der Waals surface area contributed by atoms with Crippen LogP contribution in [0, 0.1) is 5.92 Å². The molecule has 1 aliphatic heterocycles. The first-order valence-corrected chi connectivity index (χ1v) is 9.36. The van der Waals surface area contributed by atoms with Crippen LogP contribution >= 0.6 is 0 Å². The maximum atomic E-state index is 5.78. The summed E-state index contributed by atoms with van der Waals surface area (Å²) in [5.74, 6) is 3.26. The van der Waals surface area contributed by atoms with Gasteiger partial charge in [-0.3, -0.25) is 0 Å². The van der Waals surface area contributed by atoms with Gasteiger partial charge in [-0.15, -0.1) is 0 Å². The summed E-state index contributed by atoms with van der Waals surface area (Å²) in [6.45, 7) is 3.25. The Morgan fingerprint density at radius 3 is 2.81 bits per heavy atom. The summed E-state index contributed by atoms with van der Waals surface area (Å²) in [5, 5.41) is 4.43. The van der Waals surface area contributed by atoms with Crippen molar-refractivity contribution in [2.75, 3.05) is 11.4 Å². The first-order chi connectivity index (χ1) is 13.3. The van der Waals surface area contributed by atoms with Gasteiger partial charge in [0.1, 0.15) is 17.9 Å². The topological polar surface area (TPSA) is 59.5 Å². The smallest absolute Gasteiger partial charge is 0.254 e. The Hall–Kier alpha value is -3.15. The van der Waals surface area contributed by atoms with Crippen molar-refractivity contribution in [1.82, 2.24) is 19.6 Å². The van der Waals surface area contributed by atoms with Gasteiger partial charge in [-0.25, -0.2) is 4.98 Å². The fourth-order valence-corrected chi connectivity index (χ4v) is 3.92. The first-order valence-electron chi connectivity index (χ1n) is 9.36. The number of hydrogen-bond donors (Lipinski definition) is 0. The van der Waals surface area contributed by atoms with Gasteiger partial charge in [-0.05, 0) is 30.9 Å². The number of benzene rings is 1. The van der Waals surface area contributed by atoms with E-state index in [-0.39, 0.29) is 6.04 Å². The fourth-order valence-electron chi connectivity index (χ4n) is 3.92. The van der Waals surface area contributed by atoms with Crippen LogP contribution in [-0.4, -0.2) is 26.1 Å². The number of aromatic nitrogens is 4. The average molecular weight is 359 g/mol. The molecule has 3 aromatic heterocycles. The lowest BCUT2D eigenvalue weighted by Crippen LogP contribution is -2.37. The van der Waals surface area contributed by atoms with E-state index in [9.17, 15) is 0 Å². The molecule has 2 unspecified atom stereocenters. The first kappa shape index (κ1) is 16.1. The molecule has 0 amide bonds. The van der Waals surface area contributed by atoms with Crippen LogP contribution in [0.15, 0.2) is 65.5 Å². The molecular weight excluding hydrogens is 338 g/mol. The quantitative estimate of drug-likeness (QED) is 0.544. The predicted octanol–water partition coefficient (Wildman–Crippen LogP) is 4.36. The summed E-state index contributed by atoms with van der Waals surface area (Å²) in [6.07, 6.45) is 5.50. The van der Waals surface area contributed by atoms with Crippen LogP contribution in [0.3, 0.4) is 0 Å². The zero-order chi connectivity index (χ0) is 18.2. The van der Waals surface area contributed by atoms with Gasteiger partial charge in [0.15, 0.2) is 0 Å². The Bertz CT molecular complexity index is 1040. The Balaban J connectivity index is 1.65. The molecule has 0 aliphatic carbocycles. The largest absolute Gasteiger partial charge is 0.467 e. The van der Waals surface area contributed by atoms with Crippen molar-refractivity contribution >= 4 is 11.6 Å². The highest BCUT2D eigenvalue weighted by molar-refractivity contribution is 5.66. The molecule has 4 aromatic rings. The summed E-state index contributed by atoms with van der Waals surface area (Å²) < 4.78 is 7.61. The Morgan fingerprint density at radius 2 is 2.00 bits per heavy atom. The molecule has 5 rings (SSSR count). The molecule has 0 N–H and O–H groups in total. The van der Waals surface area contributed by atoms with Gasteiger partial charge >= 0.3 is 0 Å². The van der Waals surface area contributed by atoms with Gasteiger partial charge in [0, 0.05) is 18.2 Å². The van der Waals surface area contributed by atoms with Crippen LogP contribution in [0.2, 0.25) is 0 Å². The minimum absolute atomic E-state index is 0.183. The second-order valence-corrected chi connectivity index (χ2v) is 7.19. The van der Waals surface area contributed by atoms with E-state index in [1.54, 1.807) is 12.6 Å². The zero-order valence-corrected chi connectivity index (χ0v) is 15.2. The third-order valence-electron chi connectivity index (χ3n) is 5.33. The molecule has 0 saturated carbocycles. The Labute approximate surface area is 157 Å². The Kier molecular flexibility index (Phi) is 3.89. The standard InChI is InChI=1S/C21H21N5O/c1-15-9-10-25(18(12-15)19-8-5-11-27-19)20-13-17(16-6-3-2-4-7-16)24-21-22-14-23-26(20)21/h2-8,11,13-15,18H,9-10,12H2,1H3. The molecule has 4 heterocycles. The van der Waals surface area contributed by atoms with Gasteiger partial charge in [0.05, 0.1) is 18.0 Å². The molecule has 1 aromatic carbocycles. The number of furan rings is 1. The number of piperidine rings is 1. The van der Waals surface area contributed by atoms with E-state index in [4.69, 9.17) is 9.40 Å². The van der Waals surface area contributed by atoms with E-state index in [1.165, 1.54) is 0 Å². The molecule has 6 nitrogen and oxygen atoms in total. The van der Waals surface area contributed by atoms with Gasteiger partial charge in [-0.2, -0.15) is 14.6 Å². The lowest BCUT2D eigenvalue weighted by Gasteiger charge is -2.38. The molecule has 27 heavy (non-hydrogen) atoms. The zero-order valence-electron chi connectivity index (χ0n) is 15.2. The summed E-state index contributed by atoms with van der Waals surface area (Å²) in [5.41, 5.74) is 1.98. The molecule has 2 atom stereocenters. The van der Waals surface area contributed by atoms with Crippen LogP contribution in [0.5, 0.6) is 0 Å². The summed E-state index contributed by atoms with van der Waals surface area (Å²) in [6, 6.07) is 16.5. The number of fused-ring (bicyclic) bond motifs is 1. The number of nitrogens with zero attached hydrogens (tertiary/aromatic N) is 5. The molecule has 0 radical (unpaired) electrons. The molecule has 6 heteroatoms. The van der Waals surface area contributed by atoms with Crippen molar-refractivity contribution in [3.63, 3.8) is 0 Å². The average Bonchev–Trinajstić information content (AvgIpc) is 3.40. The minimum atomic E-state index is 0.183. The molecular formula is C21H21N5O. The van der Waals surface area contributed by atoms with Crippen molar-refractivity contribution in [1.29, 1.82) is 0 Å². The normalized spacial score (nSPS) is 20.3. The van der Waals surface area contributed by atoms with Gasteiger partial charge in [0.25, 0.3) is 5.78 Å². The molecule has 1 aliphatic rings. The summed E-state index contributed by atoms with van der Waals surface area (Å²) in [4.78, 5) is 11.4. The number of rotatable bonds is 3. The highest BCUT2D eigenvalue weighted by Crippen LogP contribution is 2.38. The monoisotopic (exact) mass is 359 g/mol. The van der Waals surface area contributed by atoms with Crippen LogP contribution in [0.4, 0.5) is 5.82 Å². The number of hydrogen-bond acceptors (Lipinski definition) is 5. The third kappa shape index (κ3) is 2.87. The van der Waals surface area contributed by atoms with Gasteiger partial charge < -0.3 is 9.32 Å². The maximum Gasteiger partial charge on any atom is 0.254 e. The van der Waals surface area contributed by atoms with Crippen molar-refractivity contribution in [3.8, 4) is 11.3 Å². The fraction of sp³-hybridized carbons (Fsp3) is 0.286. The summed E-state index contributed by atoms with van der Waals surface area (Å²) in [7, 11) is 0. The molecule has 1 saturated heterocycles. The summed E-state index contributed by atoms with van der Waals surface area (Å²) >= 11 is 0. The van der Waals surface area contributed by atoms with E-state index in [0.29, 0.717) is 11.7 Å². The van der Waals surface area contributed by atoms with Crippen LogP contribution in [-0.2, 0) is 0 Å². The van der Waals surface area contributed by atoms with E-state index in [2.05, 4.69) is 46.2 Å². The van der Waals surface area contributed by atoms with E-state index >= 15 is 0 Å². The second kappa shape index (κ2) is 6.54. The van der Waals surface area contributed by atoms with E-state index in [0.717, 1.165) is 42.2 Å². The van der Waals surface area contributed by atoms with Gasteiger partial charge in [-0.1, -0.05) is 37.3 Å². The van der Waals surface area contributed by atoms with Crippen molar-refractivity contribution in [3.05, 3.63) is 66.9 Å². The molecule has 0 bridgehead atoms. The van der Waals surface area contributed by atoms with Crippen molar-refractivity contribution in [2.45, 2.75) is 25.8 Å². The molecule has 1 fully saturated rings. The van der Waals surface area contributed by atoms with E-state index < -0.39 is 0 Å². The SMILES string of the molecule is CC1CCN(c2cc(-c3ccccc3)nc3ncnn23)C(c2ccco2)C1. The maximum absolute atomic E-state index is 5.78. The highest BCUT2D eigenvalue weighted by Gasteiger charge is 2.31. The van der Waals surface area contributed by atoms with Crippen LogP contribution in [0.25, 0.3) is 17.0 Å². The van der Waals surface area contributed by atoms with Crippen molar-refractivity contribution in [2.24, 2.45) is 5.92 Å². The molecule has 0 spiro atoms. The van der Waals surface area contributed by atoms with Crippen LogP contribution < -0.4 is 4.90 Å². The Morgan fingerprint density at radius 1 is 1.11 bits per heavy atom. The minimum Gasteiger partial charge on any atom is -0.467 e. The highest BCUT2D eigenvalue weighted by atomic mass is 16.3. The second-order valence-electron chi connectivity index (χ2n) is 7.19. The number of anilines is 1. The van der Waals surface area contributed by atoms with Crippen LogP contribution in [0.1, 0.15) is 31.6 Å². The lowest BCUT2D eigenvalue weighted by molar-refractivity contribution is 0.326. The lowest BCUT2D eigenvalue weighted by atomic mass is 9.91.